The molecular formula is C18H32N4O2. The molecule has 0 saturated carbocycles. The third kappa shape index (κ3) is 7.84. The van der Waals surface area contributed by atoms with Crippen LogP contribution in [0, 0.1) is 5.92 Å². The Morgan fingerprint density at radius 3 is 2.75 bits per heavy atom. The number of guanidine groups is 1. The minimum absolute atomic E-state index is 0.557. The third-order valence-corrected chi connectivity index (χ3v) is 3.91. The van der Waals surface area contributed by atoms with Crippen LogP contribution in [0.15, 0.2) is 27.8 Å². The molecule has 0 radical (unpaired) electrons. The molecule has 2 heterocycles. The molecule has 1 aromatic rings. The minimum Gasteiger partial charge on any atom is -0.469 e. The standard InChI is InChI=1S/C18H32N4O2/c1-16(2)15-21-18(20-8-6-17-5-3-12-24-17)19-7-4-9-22-10-13-23-14-11-22/h3,5,12,16H,4,6-11,13-15H2,1-2H3,(H2,19,20,21). The fourth-order valence-electron chi connectivity index (χ4n) is 2.54. The molecule has 0 spiro atoms. The Kier molecular flexibility index (Phi) is 8.70. The predicted octanol–water partition coefficient (Wildman–Crippen LogP) is 1.74. The van der Waals surface area contributed by atoms with Gasteiger partial charge in [0.1, 0.15) is 5.76 Å². The molecule has 2 rings (SSSR count). The SMILES string of the molecule is CC(C)CN=C(NCCCN1CCOCC1)NCCc1ccco1. The first-order valence-electron chi connectivity index (χ1n) is 9.08. The number of morpholine rings is 1. The van der Waals surface area contributed by atoms with Gasteiger partial charge < -0.3 is 19.8 Å². The Labute approximate surface area is 145 Å². The molecule has 1 aromatic heterocycles. The Hall–Kier alpha value is -1.53. The van der Waals surface area contributed by atoms with E-state index in [-0.39, 0.29) is 0 Å². The molecular weight excluding hydrogens is 304 g/mol. The van der Waals surface area contributed by atoms with Gasteiger partial charge in [0.2, 0.25) is 0 Å². The fourth-order valence-corrected chi connectivity index (χ4v) is 2.54. The van der Waals surface area contributed by atoms with Gasteiger partial charge in [0.15, 0.2) is 5.96 Å². The van der Waals surface area contributed by atoms with E-state index in [0.29, 0.717) is 5.92 Å². The molecule has 0 amide bonds. The molecule has 1 fully saturated rings. The van der Waals surface area contributed by atoms with Crippen molar-refractivity contribution < 1.29 is 9.15 Å². The average molecular weight is 336 g/mol. The van der Waals surface area contributed by atoms with Gasteiger partial charge in [0.25, 0.3) is 0 Å². The van der Waals surface area contributed by atoms with Crippen molar-refractivity contribution in [1.29, 1.82) is 0 Å². The number of aliphatic imine (C=N–C) groups is 1. The highest BCUT2D eigenvalue weighted by Crippen LogP contribution is 2.00. The van der Waals surface area contributed by atoms with E-state index >= 15 is 0 Å². The molecule has 0 aliphatic carbocycles. The van der Waals surface area contributed by atoms with E-state index in [0.717, 1.165) is 77.0 Å². The van der Waals surface area contributed by atoms with Crippen LogP contribution in [0.5, 0.6) is 0 Å². The van der Waals surface area contributed by atoms with Crippen LogP contribution in [0.3, 0.4) is 0 Å². The maximum atomic E-state index is 5.38. The van der Waals surface area contributed by atoms with Gasteiger partial charge in [-0.2, -0.15) is 0 Å². The van der Waals surface area contributed by atoms with E-state index in [1.807, 2.05) is 12.1 Å². The molecule has 0 unspecified atom stereocenters. The number of ether oxygens (including phenoxy) is 1. The van der Waals surface area contributed by atoms with E-state index < -0.39 is 0 Å². The number of nitrogens with one attached hydrogen (secondary N) is 2. The minimum atomic E-state index is 0.557. The van der Waals surface area contributed by atoms with Gasteiger partial charge in [-0.3, -0.25) is 9.89 Å². The zero-order valence-corrected chi connectivity index (χ0v) is 15.1. The summed E-state index contributed by atoms with van der Waals surface area (Å²) in [6.45, 7) is 11.9. The van der Waals surface area contributed by atoms with Crippen molar-refractivity contribution in [3.8, 4) is 0 Å². The lowest BCUT2D eigenvalue weighted by Crippen LogP contribution is -2.41. The van der Waals surface area contributed by atoms with Crippen molar-refractivity contribution in [3.05, 3.63) is 24.2 Å². The normalized spacial score (nSPS) is 16.5. The van der Waals surface area contributed by atoms with Gasteiger partial charge in [0, 0.05) is 39.1 Å². The number of furan rings is 1. The first-order chi connectivity index (χ1) is 11.7. The molecule has 0 atom stereocenters. The van der Waals surface area contributed by atoms with Crippen LogP contribution in [0.2, 0.25) is 0 Å². The first kappa shape index (κ1) is 18.8. The predicted molar refractivity (Wildman–Crippen MR) is 97.4 cm³/mol. The zero-order valence-electron chi connectivity index (χ0n) is 15.1. The van der Waals surface area contributed by atoms with Crippen LogP contribution in [0.4, 0.5) is 0 Å². The van der Waals surface area contributed by atoms with Crippen molar-refractivity contribution in [2.45, 2.75) is 26.7 Å². The molecule has 6 nitrogen and oxygen atoms in total. The van der Waals surface area contributed by atoms with Gasteiger partial charge >= 0.3 is 0 Å². The zero-order chi connectivity index (χ0) is 17.0. The second-order valence-corrected chi connectivity index (χ2v) is 6.57. The summed E-state index contributed by atoms with van der Waals surface area (Å²) in [6, 6.07) is 3.93. The molecule has 136 valence electrons. The summed E-state index contributed by atoms with van der Waals surface area (Å²) in [5.74, 6) is 2.46. The van der Waals surface area contributed by atoms with E-state index in [1.165, 1.54) is 0 Å². The number of hydrogen-bond acceptors (Lipinski definition) is 4. The summed E-state index contributed by atoms with van der Waals surface area (Å²) in [5, 5.41) is 6.84. The Morgan fingerprint density at radius 2 is 2.04 bits per heavy atom. The monoisotopic (exact) mass is 336 g/mol. The van der Waals surface area contributed by atoms with Crippen LogP contribution in [0.25, 0.3) is 0 Å². The fraction of sp³-hybridized carbons (Fsp3) is 0.722. The summed E-state index contributed by atoms with van der Waals surface area (Å²) in [6.07, 6.45) is 3.69. The number of nitrogens with zero attached hydrogens (tertiary/aromatic N) is 2. The topological polar surface area (TPSA) is 62.0 Å². The van der Waals surface area contributed by atoms with Crippen molar-refractivity contribution in [1.82, 2.24) is 15.5 Å². The number of hydrogen-bond donors (Lipinski definition) is 2. The van der Waals surface area contributed by atoms with Crippen LogP contribution in [-0.2, 0) is 11.2 Å². The average Bonchev–Trinajstić information content (AvgIpc) is 3.10. The summed E-state index contributed by atoms with van der Waals surface area (Å²) >= 11 is 0. The van der Waals surface area contributed by atoms with Crippen LogP contribution in [0.1, 0.15) is 26.0 Å². The Bertz CT molecular complexity index is 454. The van der Waals surface area contributed by atoms with E-state index in [9.17, 15) is 0 Å². The van der Waals surface area contributed by atoms with Gasteiger partial charge in [0.05, 0.1) is 19.5 Å². The van der Waals surface area contributed by atoms with E-state index in [2.05, 4.69) is 34.4 Å². The smallest absolute Gasteiger partial charge is 0.191 e. The molecule has 1 saturated heterocycles. The second-order valence-electron chi connectivity index (χ2n) is 6.57. The number of rotatable bonds is 9. The van der Waals surface area contributed by atoms with Gasteiger partial charge in [-0.25, -0.2) is 0 Å². The van der Waals surface area contributed by atoms with E-state index in [4.69, 9.17) is 9.15 Å². The molecule has 1 aliphatic rings. The molecule has 0 bridgehead atoms. The lowest BCUT2D eigenvalue weighted by molar-refractivity contribution is 0.0376. The molecule has 0 aromatic carbocycles. The summed E-state index contributed by atoms with van der Waals surface area (Å²) in [7, 11) is 0. The van der Waals surface area contributed by atoms with Crippen LogP contribution < -0.4 is 10.6 Å². The first-order valence-corrected chi connectivity index (χ1v) is 9.08. The molecule has 1 aliphatic heterocycles. The van der Waals surface area contributed by atoms with Crippen molar-refractivity contribution in [2.24, 2.45) is 10.9 Å². The Balaban J connectivity index is 1.66. The maximum Gasteiger partial charge on any atom is 0.191 e. The maximum absolute atomic E-state index is 5.38. The molecule has 2 N–H and O–H groups in total. The van der Waals surface area contributed by atoms with Gasteiger partial charge in [-0.15, -0.1) is 0 Å². The third-order valence-electron chi connectivity index (χ3n) is 3.91. The van der Waals surface area contributed by atoms with Crippen LogP contribution in [-0.4, -0.2) is 63.3 Å². The molecule has 24 heavy (non-hydrogen) atoms. The lowest BCUT2D eigenvalue weighted by atomic mass is 10.2. The largest absolute Gasteiger partial charge is 0.469 e. The lowest BCUT2D eigenvalue weighted by Gasteiger charge is -2.26. The van der Waals surface area contributed by atoms with Crippen molar-refractivity contribution in [2.75, 3.05) is 52.5 Å². The van der Waals surface area contributed by atoms with Crippen LogP contribution >= 0.6 is 0 Å². The van der Waals surface area contributed by atoms with Crippen molar-refractivity contribution >= 4 is 5.96 Å². The van der Waals surface area contributed by atoms with Crippen molar-refractivity contribution in [3.63, 3.8) is 0 Å². The second kappa shape index (κ2) is 11.1. The summed E-state index contributed by atoms with van der Waals surface area (Å²) < 4.78 is 10.7. The quantitative estimate of drug-likeness (QED) is 0.409. The molecule has 6 heteroatoms. The van der Waals surface area contributed by atoms with Gasteiger partial charge in [-0.1, -0.05) is 13.8 Å². The van der Waals surface area contributed by atoms with Gasteiger partial charge in [-0.05, 0) is 31.0 Å². The Morgan fingerprint density at radius 1 is 1.25 bits per heavy atom. The summed E-state index contributed by atoms with van der Waals surface area (Å²) in [5.41, 5.74) is 0. The van der Waals surface area contributed by atoms with E-state index in [1.54, 1.807) is 6.26 Å². The summed E-state index contributed by atoms with van der Waals surface area (Å²) in [4.78, 5) is 7.12. The highest BCUT2D eigenvalue weighted by molar-refractivity contribution is 5.79. The highest BCUT2D eigenvalue weighted by atomic mass is 16.5. The highest BCUT2D eigenvalue weighted by Gasteiger charge is 2.09.